The Morgan fingerprint density at radius 2 is 1.71 bits per heavy atom. The van der Waals surface area contributed by atoms with Gasteiger partial charge in [-0.3, -0.25) is 4.79 Å². The van der Waals surface area contributed by atoms with E-state index in [1.807, 2.05) is 49.2 Å². The molecule has 6 heteroatoms. The van der Waals surface area contributed by atoms with Gasteiger partial charge in [0, 0.05) is 18.3 Å². The van der Waals surface area contributed by atoms with Gasteiger partial charge >= 0.3 is 0 Å². The number of hydrogen-bond acceptors (Lipinski definition) is 4. The molecule has 1 amide bonds. The minimum absolute atomic E-state index is 0.116. The highest BCUT2D eigenvalue weighted by Gasteiger charge is 2.41. The average molecular weight is 397 g/mol. The van der Waals surface area contributed by atoms with E-state index in [1.54, 1.807) is 26.0 Å². The molecule has 0 N–H and O–H groups in total. The highest BCUT2D eigenvalue weighted by molar-refractivity contribution is 8.01. The van der Waals surface area contributed by atoms with Crippen molar-refractivity contribution < 1.29 is 14.3 Å². The maximum absolute atomic E-state index is 13.0. The molecule has 0 aliphatic carbocycles. The molecule has 0 bridgehead atoms. The summed E-state index contributed by atoms with van der Waals surface area (Å²) in [5.74, 6) is 1.61. The van der Waals surface area contributed by atoms with Crippen LogP contribution < -0.4 is 9.47 Å². The predicted molar refractivity (Wildman–Crippen MR) is 113 cm³/mol. The van der Waals surface area contributed by atoms with Crippen molar-refractivity contribution in [1.29, 1.82) is 0 Å². The summed E-state index contributed by atoms with van der Waals surface area (Å²) in [6.45, 7) is 2.50. The van der Waals surface area contributed by atoms with Crippen LogP contribution in [0.5, 0.6) is 11.5 Å². The van der Waals surface area contributed by atoms with Crippen LogP contribution in [0.15, 0.2) is 48.5 Å². The maximum Gasteiger partial charge on any atom is 0.237 e. The molecule has 1 aliphatic rings. The third-order valence-corrected chi connectivity index (χ3v) is 6.70. The third-order valence-electron chi connectivity index (χ3n) is 5.34. The highest BCUT2D eigenvalue weighted by atomic mass is 32.2. The lowest BCUT2D eigenvalue weighted by Gasteiger charge is -2.27. The average Bonchev–Trinajstić information content (AvgIpc) is 3.18. The first-order chi connectivity index (χ1) is 13.5. The molecule has 1 aliphatic heterocycles. The molecular weight excluding hydrogens is 372 g/mol. The van der Waals surface area contributed by atoms with E-state index in [0.29, 0.717) is 6.54 Å². The molecule has 0 radical (unpaired) electrons. The van der Waals surface area contributed by atoms with Crippen LogP contribution in [-0.4, -0.2) is 34.8 Å². The number of nitrogens with zero attached hydrogens (tertiary/aromatic N) is 2. The molecule has 2 atom stereocenters. The first-order valence-corrected chi connectivity index (χ1v) is 10.2. The van der Waals surface area contributed by atoms with Gasteiger partial charge in [0.1, 0.15) is 16.9 Å². The second-order valence-electron chi connectivity index (χ2n) is 6.93. The van der Waals surface area contributed by atoms with Crippen molar-refractivity contribution in [3.05, 3.63) is 59.8 Å². The molecule has 146 valence electrons. The van der Waals surface area contributed by atoms with E-state index in [1.165, 1.54) is 5.39 Å². The summed E-state index contributed by atoms with van der Waals surface area (Å²) in [5, 5.41) is 0.902. The van der Waals surface area contributed by atoms with Gasteiger partial charge in [-0.25, -0.2) is 0 Å². The van der Waals surface area contributed by atoms with E-state index in [4.69, 9.17) is 9.47 Å². The molecule has 3 aromatic rings. The Morgan fingerprint density at radius 3 is 2.36 bits per heavy atom. The molecular formula is C22H24N2O3S. The number of methoxy groups -OCH3 is 2. The Balaban J connectivity index is 1.76. The smallest absolute Gasteiger partial charge is 0.237 e. The van der Waals surface area contributed by atoms with Gasteiger partial charge in [-0.2, -0.15) is 0 Å². The van der Waals surface area contributed by atoms with E-state index in [2.05, 4.69) is 22.8 Å². The van der Waals surface area contributed by atoms with Crippen molar-refractivity contribution in [3.8, 4) is 11.5 Å². The number of rotatable bonds is 5. The third kappa shape index (κ3) is 3.02. The maximum atomic E-state index is 13.0. The molecule has 0 spiro atoms. The van der Waals surface area contributed by atoms with Crippen LogP contribution in [0, 0.1) is 0 Å². The van der Waals surface area contributed by atoms with Gasteiger partial charge in [-0.05, 0) is 36.6 Å². The zero-order valence-corrected chi connectivity index (χ0v) is 17.3. The monoisotopic (exact) mass is 396 g/mol. The summed E-state index contributed by atoms with van der Waals surface area (Å²) in [6, 6.07) is 16.2. The lowest BCUT2D eigenvalue weighted by Crippen LogP contribution is -2.30. The van der Waals surface area contributed by atoms with Crippen molar-refractivity contribution >= 4 is 28.6 Å². The highest BCUT2D eigenvalue weighted by Crippen LogP contribution is 2.49. The molecule has 1 saturated heterocycles. The van der Waals surface area contributed by atoms with Crippen LogP contribution in [0.2, 0.25) is 0 Å². The van der Waals surface area contributed by atoms with Gasteiger partial charge in [-0.1, -0.05) is 24.3 Å². The summed E-state index contributed by atoms with van der Waals surface area (Å²) < 4.78 is 13.4. The van der Waals surface area contributed by atoms with Crippen LogP contribution in [0.4, 0.5) is 0 Å². The number of hydrogen-bond donors (Lipinski definition) is 0. The first-order valence-electron chi connectivity index (χ1n) is 9.25. The topological polar surface area (TPSA) is 43.7 Å². The Hall–Kier alpha value is -2.60. The van der Waals surface area contributed by atoms with Gasteiger partial charge in [0.15, 0.2) is 0 Å². The number of amides is 1. The molecule has 1 aromatic heterocycles. The number of aryl methyl sites for hydroxylation is 1. The largest absolute Gasteiger partial charge is 0.496 e. The quantitative estimate of drug-likeness (QED) is 0.643. The fraction of sp³-hybridized carbons (Fsp3) is 0.318. The van der Waals surface area contributed by atoms with Crippen molar-refractivity contribution in [1.82, 2.24) is 9.47 Å². The molecule has 28 heavy (non-hydrogen) atoms. The second-order valence-corrected chi connectivity index (χ2v) is 8.35. The Kier molecular flexibility index (Phi) is 4.98. The molecule has 2 unspecified atom stereocenters. The zero-order chi connectivity index (χ0) is 19.8. The van der Waals surface area contributed by atoms with Crippen molar-refractivity contribution in [2.24, 2.45) is 7.05 Å². The van der Waals surface area contributed by atoms with Gasteiger partial charge < -0.3 is 18.9 Å². The number of carbonyl (C=O) groups is 1. The normalized spacial score (nSPS) is 19.4. The lowest BCUT2D eigenvalue weighted by molar-refractivity contribution is -0.130. The van der Waals surface area contributed by atoms with Crippen LogP contribution in [0.25, 0.3) is 10.9 Å². The number of fused-ring (bicyclic) bond motifs is 1. The van der Waals surface area contributed by atoms with E-state index >= 15 is 0 Å². The van der Waals surface area contributed by atoms with Gasteiger partial charge in [0.25, 0.3) is 0 Å². The minimum atomic E-state index is -0.161. The summed E-state index contributed by atoms with van der Waals surface area (Å²) in [5.41, 5.74) is 3.17. The zero-order valence-electron chi connectivity index (χ0n) is 16.5. The van der Waals surface area contributed by atoms with E-state index in [-0.39, 0.29) is 16.5 Å². The SMILES string of the molecule is COc1cccc(OC)c1C1SC(C)C(=O)N1Cc1cc2ccccc2n1C. The molecule has 4 rings (SSSR count). The minimum Gasteiger partial charge on any atom is -0.496 e. The second kappa shape index (κ2) is 7.43. The number of benzene rings is 2. The van der Waals surface area contributed by atoms with Crippen molar-refractivity contribution in [3.63, 3.8) is 0 Å². The fourth-order valence-electron chi connectivity index (χ4n) is 3.85. The number of para-hydroxylation sites is 1. The number of aromatic nitrogens is 1. The first kappa shape index (κ1) is 18.7. The fourth-order valence-corrected chi connectivity index (χ4v) is 5.19. The number of carbonyl (C=O) groups excluding carboxylic acids is 1. The number of ether oxygens (including phenoxy) is 2. The standard InChI is InChI=1S/C22H24N2O3S/c1-14-21(25)24(13-16-12-15-8-5-6-9-17(15)23(16)2)22(28-14)20-18(26-3)10-7-11-19(20)27-4/h5-12,14,22H,13H2,1-4H3. The van der Waals surface area contributed by atoms with Crippen molar-refractivity contribution in [2.45, 2.75) is 24.1 Å². The molecule has 0 saturated carbocycles. The van der Waals surface area contributed by atoms with Gasteiger partial charge in [0.2, 0.25) is 5.91 Å². The van der Waals surface area contributed by atoms with Crippen LogP contribution >= 0.6 is 11.8 Å². The van der Waals surface area contributed by atoms with Crippen LogP contribution in [0.3, 0.4) is 0 Å². The predicted octanol–water partition coefficient (Wildman–Crippen LogP) is 4.36. The van der Waals surface area contributed by atoms with Crippen LogP contribution in [-0.2, 0) is 18.4 Å². The molecule has 2 heterocycles. The summed E-state index contributed by atoms with van der Waals surface area (Å²) in [4.78, 5) is 15.0. The van der Waals surface area contributed by atoms with Gasteiger partial charge in [-0.15, -0.1) is 11.8 Å². The Bertz CT molecular complexity index is 1010. The Labute approximate surface area is 169 Å². The van der Waals surface area contributed by atoms with E-state index < -0.39 is 0 Å². The van der Waals surface area contributed by atoms with Crippen LogP contribution in [0.1, 0.15) is 23.6 Å². The van der Waals surface area contributed by atoms with Gasteiger partial charge in [0.05, 0.1) is 31.6 Å². The van der Waals surface area contributed by atoms with Crippen molar-refractivity contribution in [2.75, 3.05) is 14.2 Å². The molecule has 5 nitrogen and oxygen atoms in total. The Morgan fingerprint density at radius 1 is 1.04 bits per heavy atom. The molecule has 1 fully saturated rings. The number of thioether (sulfide) groups is 1. The van der Waals surface area contributed by atoms with E-state index in [9.17, 15) is 4.79 Å². The summed E-state index contributed by atoms with van der Waals surface area (Å²) in [7, 11) is 5.35. The molecule has 2 aromatic carbocycles. The lowest BCUT2D eigenvalue weighted by atomic mass is 10.1. The van der Waals surface area contributed by atoms with E-state index in [0.717, 1.165) is 28.3 Å². The summed E-state index contributed by atoms with van der Waals surface area (Å²) >= 11 is 1.63. The summed E-state index contributed by atoms with van der Waals surface area (Å²) in [6.07, 6.45) is 0.